The Bertz CT molecular complexity index is 667. The number of rotatable bonds is 5. The summed E-state index contributed by atoms with van der Waals surface area (Å²) >= 11 is 6.16. The molecule has 2 aliphatic heterocycles. The number of carbonyl (C=O) groups excluding carboxylic acids is 2. The Morgan fingerprint density at radius 1 is 1.11 bits per heavy atom. The monoisotopic (exact) mass is 429 g/mol. The predicted octanol–water partition coefficient (Wildman–Crippen LogP) is 1.99. The van der Waals surface area contributed by atoms with E-state index in [0.29, 0.717) is 44.2 Å². The molecule has 2 fully saturated rings. The third-order valence-corrected chi connectivity index (χ3v) is 6.02. The fourth-order valence-corrected chi connectivity index (χ4v) is 4.21. The molecule has 0 aromatic heterocycles. The van der Waals surface area contributed by atoms with Gasteiger partial charge in [0.2, 0.25) is 11.8 Å². The fraction of sp³-hybridized carbons (Fsp3) is 0.600. The first-order valence-electron chi connectivity index (χ1n) is 9.56. The summed E-state index contributed by atoms with van der Waals surface area (Å²) in [7, 11) is 1.66. The number of amides is 2. The van der Waals surface area contributed by atoms with Gasteiger partial charge >= 0.3 is 0 Å². The van der Waals surface area contributed by atoms with Crippen molar-refractivity contribution in [3.05, 3.63) is 34.9 Å². The van der Waals surface area contributed by atoms with Gasteiger partial charge in [0.05, 0.1) is 18.4 Å². The molecule has 156 valence electrons. The van der Waals surface area contributed by atoms with Crippen molar-refractivity contribution in [2.24, 2.45) is 5.41 Å². The van der Waals surface area contributed by atoms with Crippen molar-refractivity contribution in [1.29, 1.82) is 0 Å². The van der Waals surface area contributed by atoms with Gasteiger partial charge in [0.15, 0.2) is 0 Å². The van der Waals surface area contributed by atoms with Crippen molar-refractivity contribution >= 4 is 35.8 Å². The van der Waals surface area contributed by atoms with E-state index in [9.17, 15) is 9.59 Å². The molecule has 28 heavy (non-hydrogen) atoms. The molecule has 0 aliphatic carbocycles. The van der Waals surface area contributed by atoms with Crippen LogP contribution >= 0.6 is 24.0 Å². The van der Waals surface area contributed by atoms with Crippen molar-refractivity contribution in [3.8, 4) is 0 Å². The number of nitrogens with one attached hydrogen (secondary N) is 1. The number of halogens is 2. The topological polar surface area (TPSA) is 61.9 Å². The van der Waals surface area contributed by atoms with E-state index in [1.807, 2.05) is 28.0 Å². The molecule has 0 saturated carbocycles. The number of hydrogen-bond acceptors (Lipinski definition) is 4. The molecule has 0 spiro atoms. The van der Waals surface area contributed by atoms with E-state index in [-0.39, 0.29) is 24.2 Å². The molecule has 1 aromatic carbocycles. The minimum atomic E-state index is -0.427. The van der Waals surface area contributed by atoms with E-state index < -0.39 is 5.41 Å². The Morgan fingerprint density at radius 2 is 1.71 bits per heavy atom. The molecule has 0 radical (unpaired) electrons. The number of piperidine rings is 1. The minimum Gasteiger partial charge on any atom is -0.384 e. The van der Waals surface area contributed by atoms with Crippen molar-refractivity contribution in [2.75, 3.05) is 53.0 Å². The molecule has 0 bridgehead atoms. The second-order valence-electron chi connectivity index (χ2n) is 7.40. The largest absolute Gasteiger partial charge is 0.384 e. The van der Waals surface area contributed by atoms with Gasteiger partial charge in [0.1, 0.15) is 0 Å². The Kier molecular flexibility index (Phi) is 8.56. The average Bonchev–Trinajstić information content (AvgIpc) is 2.70. The second-order valence-corrected chi connectivity index (χ2v) is 7.81. The zero-order chi connectivity index (χ0) is 19.3. The maximum Gasteiger partial charge on any atom is 0.231 e. The van der Waals surface area contributed by atoms with Crippen LogP contribution in [0.1, 0.15) is 18.4 Å². The molecule has 1 aromatic rings. The summed E-state index contributed by atoms with van der Waals surface area (Å²) in [6.45, 7) is 4.42. The van der Waals surface area contributed by atoms with Crippen LogP contribution in [-0.2, 0) is 20.7 Å². The summed E-state index contributed by atoms with van der Waals surface area (Å²) in [4.78, 5) is 29.5. The maximum atomic E-state index is 13.2. The lowest BCUT2D eigenvalue weighted by molar-refractivity contribution is -0.151. The molecule has 2 amide bonds. The first-order valence-corrected chi connectivity index (χ1v) is 9.94. The van der Waals surface area contributed by atoms with Gasteiger partial charge in [0, 0.05) is 38.3 Å². The first-order chi connectivity index (χ1) is 13.1. The molecular formula is C20H29Cl2N3O3. The zero-order valence-electron chi connectivity index (χ0n) is 16.3. The van der Waals surface area contributed by atoms with Crippen molar-refractivity contribution in [1.82, 2.24) is 15.1 Å². The lowest BCUT2D eigenvalue weighted by atomic mass is 9.78. The average molecular weight is 430 g/mol. The number of piperazine rings is 1. The molecule has 3 rings (SSSR count). The SMILES string of the molecule is COCC1(C(=O)N2CCN(C(=O)Cc3ccccc3Cl)CC2)CCNCC1.Cl. The quantitative estimate of drug-likeness (QED) is 0.777. The van der Waals surface area contributed by atoms with E-state index in [0.717, 1.165) is 31.5 Å². The van der Waals surface area contributed by atoms with Crippen LogP contribution in [-0.4, -0.2) is 74.6 Å². The van der Waals surface area contributed by atoms with Crippen molar-refractivity contribution in [3.63, 3.8) is 0 Å². The molecule has 2 heterocycles. The van der Waals surface area contributed by atoms with E-state index in [4.69, 9.17) is 16.3 Å². The lowest BCUT2D eigenvalue weighted by Crippen LogP contribution is -2.57. The Balaban J connectivity index is 0.00000280. The Hall–Kier alpha value is -1.34. The summed E-state index contributed by atoms with van der Waals surface area (Å²) in [6.07, 6.45) is 1.89. The summed E-state index contributed by atoms with van der Waals surface area (Å²) in [5.41, 5.74) is 0.417. The number of carbonyl (C=O) groups is 2. The minimum absolute atomic E-state index is 0. The van der Waals surface area contributed by atoms with Crippen LogP contribution < -0.4 is 5.32 Å². The molecule has 1 N–H and O–H groups in total. The van der Waals surface area contributed by atoms with Crippen molar-refractivity contribution in [2.45, 2.75) is 19.3 Å². The molecule has 0 atom stereocenters. The number of methoxy groups -OCH3 is 1. The summed E-state index contributed by atoms with van der Waals surface area (Å²) in [5.74, 6) is 0.229. The molecular weight excluding hydrogens is 401 g/mol. The van der Waals surface area contributed by atoms with E-state index in [2.05, 4.69) is 5.32 Å². The van der Waals surface area contributed by atoms with Gasteiger partial charge in [-0.25, -0.2) is 0 Å². The van der Waals surface area contributed by atoms with Gasteiger partial charge in [-0.1, -0.05) is 29.8 Å². The van der Waals surface area contributed by atoms with Gasteiger partial charge in [0.25, 0.3) is 0 Å². The predicted molar refractivity (Wildman–Crippen MR) is 112 cm³/mol. The second kappa shape index (κ2) is 10.4. The van der Waals surface area contributed by atoms with Gasteiger partial charge < -0.3 is 19.9 Å². The number of hydrogen-bond donors (Lipinski definition) is 1. The lowest BCUT2D eigenvalue weighted by Gasteiger charge is -2.42. The van der Waals surface area contributed by atoms with Gasteiger partial charge in [-0.15, -0.1) is 12.4 Å². The fourth-order valence-electron chi connectivity index (χ4n) is 4.01. The third kappa shape index (κ3) is 5.17. The van der Waals surface area contributed by atoms with Gasteiger partial charge in [-0.05, 0) is 37.6 Å². The van der Waals surface area contributed by atoms with Gasteiger partial charge in [-0.2, -0.15) is 0 Å². The van der Waals surface area contributed by atoms with Gasteiger partial charge in [-0.3, -0.25) is 9.59 Å². The Morgan fingerprint density at radius 3 is 2.32 bits per heavy atom. The highest BCUT2D eigenvalue weighted by atomic mass is 35.5. The van der Waals surface area contributed by atoms with Crippen LogP contribution in [0.4, 0.5) is 0 Å². The van der Waals surface area contributed by atoms with Crippen LogP contribution in [0.5, 0.6) is 0 Å². The highest BCUT2D eigenvalue weighted by Crippen LogP contribution is 2.32. The smallest absolute Gasteiger partial charge is 0.231 e. The van der Waals surface area contributed by atoms with Crippen LogP contribution in [0.2, 0.25) is 5.02 Å². The summed E-state index contributed by atoms with van der Waals surface area (Å²) in [5, 5.41) is 3.93. The zero-order valence-corrected chi connectivity index (χ0v) is 17.9. The summed E-state index contributed by atoms with van der Waals surface area (Å²) in [6, 6.07) is 7.43. The third-order valence-electron chi connectivity index (χ3n) is 5.65. The molecule has 2 aliphatic rings. The summed E-state index contributed by atoms with van der Waals surface area (Å²) < 4.78 is 5.38. The molecule has 0 unspecified atom stereocenters. The van der Waals surface area contributed by atoms with E-state index in [1.54, 1.807) is 13.2 Å². The number of nitrogens with zero attached hydrogens (tertiary/aromatic N) is 2. The van der Waals surface area contributed by atoms with Crippen LogP contribution in [0.15, 0.2) is 24.3 Å². The maximum absolute atomic E-state index is 13.2. The Labute approximate surface area is 177 Å². The standard InChI is InChI=1S/C20H28ClN3O3.ClH/c1-27-15-20(6-8-22-9-7-20)19(26)24-12-10-23(11-13-24)18(25)14-16-4-2-3-5-17(16)21;/h2-5,22H,6-15H2,1H3;1H. The normalized spacial score (nSPS) is 19.1. The molecule has 2 saturated heterocycles. The van der Waals surface area contributed by atoms with Crippen LogP contribution in [0.25, 0.3) is 0 Å². The van der Waals surface area contributed by atoms with Crippen LogP contribution in [0, 0.1) is 5.41 Å². The highest BCUT2D eigenvalue weighted by Gasteiger charge is 2.43. The van der Waals surface area contributed by atoms with Crippen molar-refractivity contribution < 1.29 is 14.3 Å². The number of ether oxygens (including phenoxy) is 1. The van der Waals surface area contributed by atoms with Crippen LogP contribution in [0.3, 0.4) is 0 Å². The first kappa shape index (κ1) is 22.9. The van der Waals surface area contributed by atoms with E-state index >= 15 is 0 Å². The highest BCUT2D eigenvalue weighted by molar-refractivity contribution is 6.31. The number of benzene rings is 1. The molecule has 8 heteroatoms. The van der Waals surface area contributed by atoms with E-state index in [1.165, 1.54) is 0 Å². The molecule has 6 nitrogen and oxygen atoms in total.